The molecule has 0 bridgehead atoms. The quantitative estimate of drug-likeness (QED) is 0.590. The van der Waals surface area contributed by atoms with E-state index in [9.17, 15) is 8.42 Å². The molecule has 4 rings (SSSR count). The Bertz CT molecular complexity index is 1030. The number of sulfonamides is 1. The normalized spacial score (nSPS) is 16.7. The van der Waals surface area contributed by atoms with Gasteiger partial charge in [-0.3, -0.25) is 0 Å². The van der Waals surface area contributed by atoms with Crippen molar-refractivity contribution < 1.29 is 17.4 Å². The number of hydrogen-bond acceptors (Lipinski definition) is 6. The van der Waals surface area contributed by atoms with Crippen LogP contribution in [0.3, 0.4) is 0 Å². The maximum atomic E-state index is 12.8. The molecule has 0 unspecified atom stereocenters. The minimum absolute atomic E-state index is 0.259. The summed E-state index contributed by atoms with van der Waals surface area (Å²) in [6.45, 7) is 3.29. The highest BCUT2D eigenvalue weighted by Crippen LogP contribution is 2.28. The van der Waals surface area contributed by atoms with Gasteiger partial charge in [-0.1, -0.05) is 12.1 Å². The fraction of sp³-hybridized carbons (Fsp3) is 0.333. The fourth-order valence-electron chi connectivity index (χ4n) is 3.02. The molecule has 27 heavy (non-hydrogen) atoms. The first-order chi connectivity index (χ1) is 12.9. The lowest BCUT2D eigenvalue weighted by atomic mass is 10.0. The Morgan fingerprint density at radius 3 is 2.44 bits per heavy atom. The molecule has 2 aromatic heterocycles. The lowest BCUT2D eigenvalue weighted by Crippen LogP contribution is -2.37. The van der Waals surface area contributed by atoms with Gasteiger partial charge in [0.05, 0.1) is 4.90 Å². The van der Waals surface area contributed by atoms with E-state index in [1.165, 1.54) is 0 Å². The van der Waals surface area contributed by atoms with Crippen molar-refractivity contribution in [2.24, 2.45) is 5.92 Å². The van der Waals surface area contributed by atoms with Crippen LogP contribution in [0, 0.1) is 5.92 Å². The minimum Gasteiger partial charge on any atom is -0.444 e. The van der Waals surface area contributed by atoms with Gasteiger partial charge in [0, 0.05) is 18.7 Å². The molecule has 1 fully saturated rings. The molecule has 0 saturated carbocycles. The van der Waals surface area contributed by atoms with Crippen molar-refractivity contribution in [3.63, 3.8) is 0 Å². The molecule has 3 heterocycles. The van der Waals surface area contributed by atoms with Crippen LogP contribution in [0.1, 0.15) is 19.8 Å². The third-order valence-electron chi connectivity index (χ3n) is 4.70. The van der Waals surface area contributed by atoms with Crippen molar-refractivity contribution >= 4 is 26.0 Å². The van der Waals surface area contributed by atoms with Gasteiger partial charge in [0.15, 0.2) is 10.4 Å². The molecule has 0 aliphatic carbocycles. The zero-order chi connectivity index (χ0) is 19.0. The van der Waals surface area contributed by atoms with E-state index >= 15 is 0 Å². The van der Waals surface area contributed by atoms with Gasteiger partial charge in [0.1, 0.15) is 0 Å². The summed E-state index contributed by atoms with van der Waals surface area (Å²) in [6.07, 6.45) is 1.79. The van der Waals surface area contributed by atoms with E-state index in [1.54, 1.807) is 40.7 Å². The Hall–Kier alpha value is -1.97. The fourth-order valence-corrected chi connectivity index (χ4v) is 4.80. The van der Waals surface area contributed by atoms with Gasteiger partial charge in [0.25, 0.3) is 5.89 Å². The Balaban J connectivity index is 1.55. The highest BCUT2D eigenvalue weighted by atomic mass is 79.9. The lowest BCUT2D eigenvalue weighted by Gasteiger charge is -2.29. The molecule has 3 aromatic rings. The van der Waals surface area contributed by atoms with Gasteiger partial charge >= 0.3 is 0 Å². The largest absolute Gasteiger partial charge is 0.444 e. The Morgan fingerprint density at radius 1 is 1.11 bits per heavy atom. The second kappa shape index (κ2) is 7.21. The van der Waals surface area contributed by atoms with Gasteiger partial charge in [-0.05, 0) is 71.1 Å². The lowest BCUT2D eigenvalue weighted by molar-refractivity contribution is 0.288. The van der Waals surface area contributed by atoms with Crippen LogP contribution in [0.2, 0.25) is 0 Å². The molecule has 7 nitrogen and oxygen atoms in total. The Morgan fingerprint density at radius 2 is 1.81 bits per heavy atom. The maximum absolute atomic E-state index is 12.8. The molecule has 0 radical (unpaired) electrons. The van der Waals surface area contributed by atoms with Gasteiger partial charge in [0.2, 0.25) is 15.8 Å². The smallest absolute Gasteiger partial charge is 0.293 e. The first-order valence-corrected chi connectivity index (χ1v) is 10.9. The molecule has 1 saturated heterocycles. The second-order valence-electron chi connectivity index (χ2n) is 6.64. The predicted octanol–water partition coefficient (Wildman–Crippen LogP) is 4.18. The molecule has 1 aliphatic heterocycles. The van der Waals surface area contributed by atoms with E-state index in [0.717, 1.165) is 12.8 Å². The monoisotopic (exact) mass is 451 g/mol. The summed E-state index contributed by atoms with van der Waals surface area (Å²) in [5.41, 5.74) is 0.668. The molecule has 1 aromatic carbocycles. The standard InChI is InChI=1S/C18H18BrN3O4S/c1-12-8-10-22(11-9-12)27(23,24)14-4-2-13(3-5-14)17-20-18(26-21-17)15-6-7-16(19)25-15/h2-7,12H,8-11H2,1H3. The van der Waals surface area contributed by atoms with Crippen molar-refractivity contribution in [2.45, 2.75) is 24.7 Å². The van der Waals surface area contributed by atoms with Crippen LogP contribution < -0.4 is 0 Å². The van der Waals surface area contributed by atoms with Crippen LogP contribution in [0.4, 0.5) is 0 Å². The van der Waals surface area contributed by atoms with E-state index < -0.39 is 10.0 Å². The van der Waals surface area contributed by atoms with E-state index in [2.05, 4.69) is 33.0 Å². The maximum Gasteiger partial charge on any atom is 0.293 e. The van der Waals surface area contributed by atoms with E-state index in [4.69, 9.17) is 8.94 Å². The van der Waals surface area contributed by atoms with Crippen molar-refractivity contribution in [3.8, 4) is 23.0 Å². The molecular weight excluding hydrogens is 434 g/mol. The average molecular weight is 452 g/mol. The summed E-state index contributed by atoms with van der Waals surface area (Å²) in [5.74, 6) is 1.66. The zero-order valence-electron chi connectivity index (χ0n) is 14.6. The molecule has 0 spiro atoms. The van der Waals surface area contributed by atoms with Crippen LogP contribution >= 0.6 is 15.9 Å². The third kappa shape index (κ3) is 3.71. The first-order valence-electron chi connectivity index (χ1n) is 8.63. The topological polar surface area (TPSA) is 89.4 Å². The number of halogens is 1. The number of rotatable bonds is 4. The van der Waals surface area contributed by atoms with E-state index in [1.807, 2.05) is 0 Å². The molecule has 0 amide bonds. The SMILES string of the molecule is CC1CCN(S(=O)(=O)c2ccc(-c3noc(-c4ccc(Br)o4)n3)cc2)CC1. The average Bonchev–Trinajstić information content (AvgIpc) is 3.31. The van der Waals surface area contributed by atoms with Crippen molar-refractivity contribution in [3.05, 3.63) is 41.1 Å². The zero-order valence-corrected chi connectivity index (χ0v) is 17.0. The molecule has 1 aliphatic rings. The summed E-state index contributed by atoms with van der Waals surface area (Å²) >= 11 is 3.23. The number of nitrogens with zero attached hydrogens (tertiary/aromatic N) is 3. The summed E-state index contributed by atoms with van der Waals surface area (Å²) in [4.78, 5) is 4.58. The van der Waals surface area contributed by atoms with Gasteiger partial charge in [-0.15, -0.1) is 0 Å². The highest BCUT2D eigenvalue weighted by Gasteiger charge is 2.28. The third-order valence-corrected chi connectivity index (χ3v) is 7.04. The summed E-state index contributed by atoms with van der Waals surface area (Å²) in [7, 11) is -3.47. The molecular formula is C18H18BrN3O4S. The molecule has 0 atom stereocenters. The van der Waals surface area contributed by atoms with Crippen LogP contribution in [0.5, 0.6) is 0 Å². The van der Waals surface area contributed by atoms with Gasteiger partial charge in [-0.25, -0.2) is 8.42 Å². The van der Waals surface area contributed by atoms with Crippen molar-refractivity contribution in [1.82, 2.24) is 14.4 Å². The minimum atomic E-state index is -3.47. The van der Waals surface area contributed by atoms with E-state index in [0.29, 0.717) is 40.8 Å². The van der Waals surface area contributed by atoms with Crippen molar-refractivity contribution in [2.75, 3.05) is 13.1 Å². The number of aromatic nitrogens is 2. The van der Waals surface area contributed by atoms with E-state index in [-0.39, 0.29) is 10.8 Å². The van der Waals surface area contributed by atoms with Gasteiger partial charge in [-0.2, -0.15) is 9.29 Å². The van der Waals surface area contributed by atoms with Gasteiger partial charge < -0.3 is 8.94 Å². The first kappa shape index (κ1) is 18.4. The number of furan rings is 1. The van der Waals surface area contributed by atoms with Crippen molar-refractivity contribution in [1.29, 1.82) is 0 Å². The predicted molar refractivity (Wildman–Crippen MR) is 102 cm³/mol. The number of hydrogen-bond donors (Lipinski definition) is 0. The second-order valence-corrected chi connectivity index (χ2v) is 9.36. The Kier molecular flexibility index (Phi) is 4.92. The molecule has 0 N–H and O–H groups in total. The highest BCUT2D eigenvalue weighted by molar-refractivity contribution is 9.10. The van der Waals surface area contributed by atoms with Crippen LogP contribution in [-0.2, 0) is 10.0 Å². The molecule has 9 heteroatoms. The molecule has 142 valence electrons. The summed E-state index contributed by atoms with van der Waals surface area (Å²) in [5, 5.41) is 3.94. The summed E-state index contributed by atoms with van der Waals surface area (Å²) in [6, 6.07) is 10.00. The van der Waals surface area contributed by atoms with Crippen LogP contribution in [0.15, 0.2) is 54.9 Å². The van der Waals surface area contributed by atoms with Crippen LogP contribution in [0.25, 0.3) is 23.0 Å². The number of benzene rings is 1. The number of piperidine rings is 1. The van der Waals surface area contributed by atoms with Crippen LogP contribution in [-0.4, -0.2) is 36.0 Å². The Labute approximate surface area is 165 Å². The summed E-state index contributed by atoms with van der Waals surface area (Å²) < 4.78 is 38.3.